The number of nitrogens with one attached hydrogen (secondary N) is 1. The third-order valence-corrected chi connectivity index (χ3v) is 3.37. The van der Waals surface area contributed by atoms with Gasteiger partial charge in [0.05, 0.1) is 6.61 Å². The average Bonchev–Trinajstić information content (AvgIpc) is 2.28. The SMILES string of the molecule is CCOC(=O)C(C)(CCN(CC)C(C)C)NC(C)C. The van der Waals surface area contributed by atoms with Gasteiger partial charge in [0.1, 0.15) is 5.54 Å². The van der Waals surface area contributed by atoms with Gasteiger partial charge in [-0.15, -0.1) is 0 Å². The maximum absolute atomic E-state index is 12.2. The molecule has 19 heavy (non-hydrogen) atoms. The number of ether oxygens (including phenoxy) is 1. The van der Waals surface area contributed by atoms with E-state index < -0.39 is 5.54 Å². The molecule has 0 heterocycles. The summed E-state index contributed by atoms with van der Waals surface area (Å²) in [5.74, 6) is -0.150. The number of rotatable bonds is 9. The molecule has 4 nitrogen and oxygen atoms in total. The molecule has 0 saturated heterocycles. The smallest absolute Gasteiger partial charge is 0.326 e. The Labute approximate surface area is 118 Å². The Bertz CT molecular complexity index is 267. The quantitative estimate of drug-likeness (QED) is 0.655. The summed E-state index contributed by atoms with van der Waals surface area (Å²) in [6, 6.07) is 0.749. The number of esters is 1. The van der Waals surface area contributed by atoms with Crippen molar-refractivity contribution in [2.75, 3.05) is 19.7 Å². The first-order valence-corrected chi connectivity index (χ1v) is 7.45. The summed E-state index contributed by atoms with van der Waals surface area (Å²) >= 11 is 0. The van der Waals surface area contributed by atoms with E-state index in [9.17, 15) is 4.79 Å². The summed E-state index contributed by atoms with van der Waals surface area (Å²) in [6.45, 7) is 16.7. The van der Waals surface area contributed by atoms with E-state index in [0.717, 1.165) is 19.5 Å². The van der Waals surface area contributed by atoms with Gasteiger partial charge in [0, 0.05) is 18.6 Å². The molecule has 0 bridgehead atoms. The fourth-order valence-corrected chi connectivity index (χ4v) is 2.31. The van der Waals surface area contributed by atoms with Crippen molar-refractivity contribution >= 4 is 5.97 Å². The fourth-order valence-electron chi connectivity index (χ4n) is 2.31. The van der Waals surface area contributed by atoms with Gasteiger partial charge in [-0.1, -0.05) is 6.92 Å². The molecule has 0 saturated carbocycles. The number of carbonyl (C=O) groups is 1. The van der Waals surface area contributed by atoms with Gasteiger partial charge in [-0.25, -0.2) is 0 Å². The molecule has 0 amide bonds. The molecule has 1 atom stereocenters. The molecule has 0 aliphatic carbocycles. The van der Waals surface area contributed by atoms with Crippen LogP contribution in [0.1, 0.15) is 54.9 Å². The van der Waals surface area contributed by atoms with Crippen molar-refractivity contribution in [1.29, 1.82) is 0 Å². The number of nitrogens with zero attached hydrogens (tertiary/aromatic N) is 1. The largest absolute Gasteiger partial charge is 0.465 e. The predicted molar refractivity (Wildman–Crippen MR) is 80.3 cm³/mol. The van der Waals surface area contributed by atoms with Crippen molar-refractivity contribution in [2.45, 2.75) is 72.5 Å². The van der Waals surface area contributed by atoms with Crippen LogP contribution in [-0.4, -0.2) is 48.2 Å². The van der Waals surface area contributed by atoms with Gasteiger partial charge in [0.15, 0.2) is 0 Å². The van der Waals surface area contributed by atoms with E-state index in [0.29, 0.717) is 12.6 Å². The first-order valence-electron chi connectivity index (χ1n) is 7.45. The molecule has 0 aromatic heterocycles. The molecular formula is C15H32N2O2. The van der Waals surface area contributed by atoms with E-state index in [1.165, 1.54) is 0 Å². The zero-order chi connectivity index (χ0) is 15.1. The molecule has 4 heteroatoms. The molecule has 0 spiro atoms. The van der Waals surface area contributed by atoms with Crippen LogP contribution >= 0.6 is 0 Å². The second-order valence-corrected chi connectivity index (χ2v) is 5.82. The summed E-state index contributed by atoms with van der Waals surface area (Å²) in [4.78, 5) is 14.5. The van der Waals surface area contributed by atoms with Gasteiger partial charge >= 0.3 is 5.97 Å². The van der Waals surface area contributed by atoms with E-state index in [-0.39, 0.29) is 12.0 Å². The van der Waals surface area contributed by atoms with Gasteiger partial charge in [-0.05, 0) is 54.5 Å². The lowest BCUT2D eigenvalue weighted by molar-refractivity contribution is -0.151. The third-order valence-electron chi connectivity index (χ3n) is 3.37. The van der Waals surface area contributed by atoms with E-state index in [1.807, 2.05) is 13.8 Å². The molecule has 0 radical (unpaired) electrons. The summed E-state index contributed by atoms with van der Waals surface area (Å²) in [7, 11) is 0. The highest BCUT2D eigenvalue weighted by atomic mass is 16.5. The summed E-state index contributed by atoms with van der Waals surface area (Å²) in [6.07, 6.45) is 0.760. The van der Waals surface area contributed by atoms with Gasteiger partial charge in [0.25, 0.3) is 0 Å². The normalized spacial score (nSPS) is 15.1. The maximum atomic E-state index is 12.2. The molecule has 114 valence electrons. The van der Waals surface area contributed by atoms with Gasteiger partial charge in [0.2, 0.25) is 0 Å². The lowest BCUT2D eigenvalue weighted by Gasteiger charge is -2.34. The zero-order valence-corrected chi connectivity index (χ0v) is 13.7. The number of carbonyl (C=O) groups excluding carboxylic acids is 1. The van der Waals surface area contributed by atoms with Crippen LogP contribution in [0.5, 0.6) is 0 Å². The first kappa shape index (κ1) is 18.4. The summed E-state index contributed by atoms with van der Waals surface area (Å²) < 4.78 is 5.21. The van der Waals surface area contributed by atoms with Crippen molar-refractivity contribution in [3.8, 4) is 0 Å². The standard InChI is InChI=1S/C15H32N2O2/c1-8-17(13(5)6)11-10-15(7,16-12(3)4)14(18)19-9-2/h12-13,16H,8-11H2,1-7H3. The molecule has 0 aromatic carbocycles. The molecule has 0 rings (SSSR count). The maximum Gasteiger partial charge on any atom is 0.326 e. The van der Waals surface area contributed by atoms with Crippen LogP contribution in [-0.2, 0) is 9.53 Å². The van der Waals surface area contributed by atoms with Crippen LogP contribution in [0, 0.1) is 0 Å². The Morgan fingerprint density at radius 3 is 2.21 bits per heavy atom. The highest BCUT2D eigenvalue weighted by Crippen LogP contribution is 2.15. The van der Waals surface area contributed by atoms with Gasteiger partial charge in [-0.3, -0.25) is 10.1 Å². The van der Waals surface area contributed by atoms with Crippen LogP contribution in [0.25, 0.3) is 0 Å². The lowest BCUT2D eigenvalue weighted by Crippen LogP contribution is -2.55. The minimum atomic E-state index is -0.605. The Morgan fingerprint density at radius 1 is 1.26 bits per heavy atom. The summed E-state index contributed by atoms with van der Waals surface area (Å²) in [5.41, 5.74) is -0.605. The topological polar surface area (TPSA) is 41.6 Å². The second-order valence-electron chi connectivity index (χ2n) is 5.82. The van der Waals surface area contributed by atoms with Crippen LogP contribution in [0.4, 0.5) is 0 Å². The van der Waals surface area contributed by atoms with E-state index in [1.54, 1.807) is 0 Å². The van der Waals surface area contributed by atoms with Gasteiger partial charge < -0.3 is 9.64 Å². The summed E-state index contributed by atoms with van der Waals surface area (Å²) in [5, 5.41) is 3.36. The van der Waals surface area contributed by atoms with Crippen LogP contribution < -0.4 is 5.32 Å². The van der Waals surface area contributed by atoms with Crippen molar-refractivity contribution in [3.05, 3.63) is 0 Å². The lowest BCUT2D eigenvalue weighted by atomic mass is 9.96. The highest BCUT2D eigenvalue weighted by Gasteiger charge is 2.35. The van der Waals surface area contributed by atoms with E-state index in [2.05, 4.69) is 44.8 Å². The molecule has 0 fully saturated rings. The Kier molecular flexibility index (Phi) is 8.26. The minimum Gasteiger partial charge on any atom is -0.465 e. The van der Waals surface area contributed by atoms with Crippen LogP contribution in [0.2, 0.25) is 0 Å². The average molecular weight is 272 g/mol. The third kappa shape index (κ3) is 6.39. The van der Waals surface area contributed by atoms with Crippen molar-refractivity contribution < 1.29 is 9.53 Å². The zero-order valence-electron chi connectivity index (χ0n) is 13.7. The fraction of sp³-hybridized carbons (Fsp3) is 0.933. The molecule has 0 aliphatic rings. The van der Waals surface area contributed by atoms with Crippen LogP contribution in [0.15, 0.2) is 0 Å². The number of hydrogen-bond acceptors (Lipinski definition) is 4. The molecule has 0 aliphatic heterocycles. The van der Waals surface area contributed by atoms with Crippen molar-refractivity contribution in [2.24, 2.45) is 0 Å². The monoisotopic (exact) mass is 272 g/mol. The molecule has 1 N–H and O–H groups in total. The van der Waals surface area contributed by atoms with E-state index >= 15 is 0 Å². The van der Waals surface area contributed by atoms with Crippen molar-refractivity contribution in [3.63, 3.8) is 0 Å². The van der Waals surface area contributed by atoms with Crippen molar-refractivity contribution in [1.82, 2.24) is 10.2 Å². The first-order chi connectivity index (χ1) is 8.76. The van der Waals surface area contributed by atoms with E-state index in [4.69, 9.17) is 4.74 Å². The Morgan fingerprint density at radius 2 is 1.84 bits per heavy atom. The second kappa shape index (κ2) is 8.54. The molecule has 0 aromatic rings. The van der Waals surface area contributed by atoms with Gasteiger partial charge in [-0.2, -0.15) is 0 Å². The Hall–Kier alpha value is -0.610. The highest BCUT2D eigenvalue weighted by molar-refractivity contribution is 5.80. The molecular weight excluding hydrogens is 240 g/mol. The van der Waals surface area contributed by atoms with Crippen LogP contribution in [0.3, 0.4) is 0 Å². The number of hydrogen-bond donors (Lipinski definition) is 1. The predicted octanol–water partition coefficient (Wildman–Crippen LogP) is 2.43. The molecule has 1 unspecified atom stereocenters. The minimum absolute atomic E-state index is 0.150. The Balaban J connectivity index is 4.71.